The summed E-state index contributed by atoms with van der Waals surface area (Å²) < 4.78 is 42.1. The third-order valence-electron chi connectivity index (χ3n) is 7.06. The Hall–Kier alpha value is -3.15. The van der Waals surface area contributed by atoms with Crippen LogP contribution in [0.4, 0.5) is 16.2 Å². The minimum Gasteiger partial charge on any atom is -0.381 e. The molecule has 0 saturated carbocycles. The molecule has 1 aromatic heterocycles. The Bertz CT molecular complexity index is 1380. The third-order valence-corrected chi connectivity index (χ3v) is 8.98. The van der Waals surface area contributed by atoms with Gasteiger partial charge in [-0.05, 0) is 82.0 Å². The number of aromatic nitrogens is 2. The molecule has 206 valence electrons. The summed E-state index contributed by atoms with van der Waals surface area (Å²) in [6.07, 6.45) is 1.98. The minimum atomic E-state index is -3.85. The molecule has 0 radical (unpaired) electrons. The van der Waals surface area contributed by atoms with Crippen molar-refractivity contribution in [3.8, 4) is 0 Å². The molecule has 3 aromatic rings. The highest BCUT2D eigenvalue weighted by Gasteiger charge is 2.30. The molecule has 0 spiro atoms. The first kappa shape index (κ1) is 27.9. The van der Waals surface area contributed by atoms with Gasteiger partial charge in [0.2, 0.25) is 0 Å². The minimum absolute atomic E-state index is 0.133. The number of carbonyl (C=O) groups excluding carboxylic acids is 1. The van der Waals surface area contributed by atoms with Crippen molar-refractivity contribution in [1.82, 2.24) is 14.9 Å². The van der Waals surface area contributed by atoms with Crippen LogP contribution in [0.1, 0.15) is 39.4 Å². The number of fused-ring (bicyclic) bond motifs is 1. The zero-order valence-corrected chi connectivity index (χ0v) is 23.5. The summed E-state index contributed by atoms with van der Waals surface area (Å²) in [6, 6.07) is 11.3. The highest BCUT2D eigenvalue weighted by molar-refractivity contribution is 7.92. The van der Waals surface area contributed by atoms with Crippen molar-refractivity contribution < 1.29 is 22.7 Å². The van der Waals surface area contributed by atoms with Gasteiger partial charge >= 0.3 is 6.03 Å². The predicted octanol–water partition coefficient (Wildman–Crippen LogP) is 4.31. The first-order valence-electron chi connectivity index (χ1n) is 12.9. The molecule has 2 amide bonds. The lowest BCUT2D eigenvalue weighted by Crippen LogP contribution is -2.30. The number of rotatable bonds is 9. The van der Waals surface area contributed by atoms with Crippen molar-refractivity contribution in [3.05, 3.63) is 48.3 Å². The summed E-state index contributed by atoms with van der Waals surface area (Å²) in [5.41, 5.74) is 2.07. The Morgan fingerprint density at radius 3 is 2.47 bits per heavy atom. The van der Waals surface area contributed by atoms with Crippen molar-refractivity contribution in [2.45, 2.75) is 50.7 Å². The molecular formula is C27H37N5O5S. The second kappa shape index (κ2) is 11.3. The van der Waals surface area contributed by atoms with Gasteiger partial charge in [-0.1, -0.05) is 0 Å². The lowest BCUT2D eigenvalue weighted by molar-refractivity contribution is 0.00684. The number of carbonyl (C=O) groups is 1. The molecule has 38 heavy (non-hydrogen) atoms. The van der Waals surface area contributed by atoms with Crippen LogP contribution in [-0.2, 0) is 31.6 Å². The number of methoxy groups -OCH3 is 1. The van der Waals surface area contributed by atoms with E-state index >= 15 is 0 Å². The molecular weight excluding hydrogens is 506 g/mol. The molecule has 4 rings (SSSR count). The first-order valence-corrected chi connectivity index (χ1v) is 14.3. The van der Waals surface area contributed by atoms with E-state index in [9.17, 15) is 13.2 Å². The molecule has 1 fully saturated rings. The van der Waals surface area contributed by atoms with Crippen LogP contribution >= 0.6 is 0 Å². The molecule has 1 aliphatic heterocycles. The summed E-state index contributed by atoms with van der Waals surface area (Å²) in [7, 11) is -0.669. The van der Waals surface area contributed by atoms with Gasteiger partial charge in [0.05, 0.1) is 21.6 Å². The van der Waals surface area contributed by atoms with Crippen molar-refractivity contribution in [2.75, 3.05) is 43.5 Å². The van der Waals surface area contributed by atoms with E-state index in [1.165, 1.54) is 23.5 Å². The van der Waals surface area contributed by atoms with Gasteiger partial charge in [-0.25, -0.2) is 18.2 Å². The number of imidazole rings is 1. The summed E-state index contributed by atoms with van der Waals surface area (Å²) in [4.78, 5) is 16.6. The normalized spacial score (nSPS) is 15.0. The maximum absolute atomic E-state index is 13.6. The van der Waals surface area contributed by atoms with E-state index in [-0.39, 0.29) is 17.5 Å². The van der Waals surface area contributed by atoms with Crippen molar-refractivity contribution >= 4 is 38.5 Å². The first-order chi connectivity index (χ1) is 18.1. The Morgan fingerprint density at radius 2 is 1.87 bits per heavy atom. The molecule has 11 heteroatoms. The Morgan fingerprint density at radius 1 is 1.18 bits per heavy atom. The van der Waals surface area contributed by atoms with Gasteiger partial charge in [0.15, 0.2) is 0 Å². The zero-order chi connectivity index (χ0) is 27.5. The van der Waals surface area contributed by atoms with Crippen LogP contribution in [0.3, 0.4) is 0 Å². The number of ether oxygens (including phenoxy) is 2. The molecule has 2 aromatic carbocycles. The van der Waals surface area contributed by atoms with Crippen LogP contribution in [0, 0.1) is 5.92 Å². The highest BCUT2D eigenvalue weighted by atomic mass is 32.2. The highest BCUT2D eigenvalue weighted by Crippen LogP contribution is 2.33. The SMILES string of the molecule is CCN(c1ccc2c(c1)nc(C(C)(C)OC)n2CC1CCOCC1)S(=O)(=O)c1ccc(NC(=O)NC)cc1. The monoisotopic (exact) mass is 543 g/mol. The van der Waals surface area contributed by atoms with E-state index in [1.54, 1.807) is 26.2 Å². The molecule has 0 atom stereocenters. The number of anilines is 2. The van der Waals surface area contributed by atoms with Crippen molar-refractivity contribution in [2.24, 2.45) is 5.92 Å². The average Bonchev–Trinajstić information content (AvgIpc) is 3.28. The van der Waals surface area contributed by atoms with Gasteiger partial charge < -0.3 is 24.7 Å². The number of amides is 2. The van der Waals surface area contributed by atoms with Gasteiger partial charge in [0, 0.05) is 46.1 Å². The molecule has 10 nitrogen and oxygen atoms in total. The Balaban J connectivity index is 1.70. The van der Waals surface area contributed by atoms with E-state index in [0.717, 1.165) is 43.9 Å². The van der Waals surface area contributed by atoms with Gasteiger partial charge in [0.25, 0.3) is 10.0 Å². The van der Waals surface area contributed by atoms with Gasteiger partial charge in [0.1, 0.15) is 11.4 Å². The van der Waals surface area contributed by atoms with E-state index in [4.69, 9.17) is 14.5 Å². The van der Waals surface area contributed by atoms with E-state index in [2.05, 4.69) is 15.2 Å². The van der Waals surface area contributed by atoms with E-state index in [0.29, 0.717) is 22.8 Å². The van der Waals surface area contributed by atoms with Crippen LogP contribution in [0.25, 0.3) is 11.0 Å². The van der Waals surface area contributed by atoms with Gasteiger partial charge in [-0.2, -0.15) is 0 Å². The van der Waals surface area contributed by atoms with E-state index < -0.39 is 15.6 Å². The summed E-state index contributed by atoms with van der Waals surface area (Å²) in [5, 5.41) is 5.10. The topological polar surface area (TPSA) is 115 Å². The Kier molecular flexibility index (Phi) is 8.29. The maximum Gasteiger partial charge on any atom is 0.318 e. The van der Waals surface area contributed by atoms with Crippen molar-refractivity contribution in [3.63, 3.8) is 0 Å². The summed E-state index contributed by atoms with van der Waals surface area (Å²) >= 11 is 0. The summed E-state index contributed by atoms with van der Waals surface area (Å²) in [6.45, 7) is 8.33. The van der Waals surface area contributed by atoms with Crippen LogP contribution in [0.2, 0.25) is 0 Å². The number of sulfonamides is 1. The van der Waals surface area contributed by atoms with Crippen LogP contribution < -0.4 is 14.9 Å². The second-order valence-corrected chi connectivity index (χ2v) is 11.7. The number of hydrogen-bond acceptors (Lipinski definition) is 6. The molecule has 0 bridgehead atoms. The quantitative estimate of drug-likeness (QED) is 0.416. The van der Waals surface area contributed by atoms with Crippen LogP contribution in [0.15, 0.2) is 47.4 Å². The number of urea groups is 1. The second-order valence-electron chi connectivity index (χ2n) is 9.89. The van der Waals surface area contributed by atoms with Gasteiger partial charge in [-0.15, -0.1) is 0 Å². The average molecular weight is 544 g/mol. The third kappa shape index (κ3) is 5.64. The van der Waals surface area contributed by atoms with Crippen LogP contribution in [0.5, 0.6) is 0 Å². The van der Waals surface area contributed by atoms with E-state index in [1.807, 2.05) is 32.0 Å². The molecule has 0 aliphatic carbocycles. The number of nitrogens with zero attached hydrogens (tertiary/aromatic N) is 3. The smallest absolute Gasteiger partial charge is 0.318 e. The standard InChI is InChI=1S/C27H37N5O5S/c1-6-32(38(34,35)22-10-7-20(8-11-22)29-26(33)28-4)21-9-12-24-23(17-21)30-25(27(2,3)36-5)31(24)18-19-13-15-37-16-14-19/h7-12,17,19H,6,13-16,18H2,1-5H3,(H2,28,29,33). The van der Waals surface area contributed by atoms with Gasteiger partial charge in [-0.3, -0.25) is 4.31 Å². The largest absolute Gasteiger partial charge is 0.381 e. The predicted molar refractivity (Wildman–Crippen MR) is 148 cm³/mol. The molecule has 2 N–H and O–H groups in total. The number of nitrogens with one attached hydrogen (secondary N) is 2. The fourth-order valence-corrected chi connectivity index (χ4v) is 6.18. The summed E-state index contributed by atoms with van der Waals surface area (Å²) in [5.74, 6) is 1.28. The maximum atomic E-state index is 13.6. The lowest BCUT2D eigenvalue weighted by Gasteiger charge is -2.27. The van der Waals surface area contributed by atoms with Crippen molar-refractivity contribution in [1.29, 1.82) is 0 Å². The fraction of sp³-hybridized carbons (Fsp3) is 0.481. The number of benzene rings is 2. The lowest BCUT2D eigenvalue weighted by atomic mass is 9.99. The zero-order valence-electron chi connectivity index (χ0n) is 22.7. The molecule has 2 heterocycles. The molecule has 1 saturated heterocycles. The molecule has 1 aliphatic rings. The number of hydrogen-bond donors (Lipinski definition) is 2. The fourth-order valence-electron chi connectivity index (χ4n) is 4.72. The Labute approximate surface area is 224 Å². The van der Waals surface area contributed by atoms with Crippen LogP contribution in [-0.4, -0.2) is 57.9 Å². The molecule has 0 unspecified atom stereocenters.